The Morgan fingerprint density at radius 3 is 2.61 bits per heavy atom. The lowest BCUT2D eigenvalue weighted by Gasteiger charge is -2.21. The van der Waals surface area contributed by atoms with Crippen LogP contribution in [0.25, 0.3) is 10.9 Å². The van der Waals surface area contributed by atoms with E-state index in [1.165, 1.54) is 0 Å². The lowest BCUT2D eigenvalue weighted by Crippen LogP contribution is -2.20. The van der Waals surface area contributed by atoms with Crippen molar-refractivity contribution in [3.63, 3.8) is 0 Å². The minimum absolute atomic E-state index is 0.0582. The normalized spacial score (nSPS) is 10.7. The van der Waals surface area contributed by atoms with Gasteiger partial charge in [-0.3, -0.25) is 10.0 Å². The van der Waals surface area contributed by atoms with Gasteiger partial charge in [0.05, 0.1) is 25.7 Å². The summed E-state index contributed by atoms with van der Waals surface area (Å²) < 4.78 is 10.7. The zero-order valence-corrected chi connectivity index (χ0v) is 15.8. The van der Waals surface area contributed by atoms with Crippen molar-refractivity contribution in [1.29, 1.82) is 0 Å². The number of carbonyl (C=O) groups excluding carboxylic acids is 1. The summed E-state index contributed by atoms with van der Waals surface area (Å²) in [5.74, 6) is 1.55. The summed E-state index contributed by atoms with van der Waals surface area (Å²) in [5, 5.41) is 9.44. The maximum atomic E-state index is 11.1. The van der Waals surface area contributed by atoms with Gasteiger partial charge in [-0.2, -0.15) is 0 Å². The van der Waals surface area contributed by atoms with Crippen LogP contribution in [0.5, 0.6) is 5.75 Å². The minimum atomic E-state index is -0.501. The number of nitrogens with one attached hydrogen (secondary N) is 1. The Morgan fingerprint density at radius 1 is 1.14 bits per heavy atom. The Hall–Kier alpha value is -3.23. The van der Waals surface area contributed by atoms with Crippen LogP contribution in [0.15, 0.2) is 48.5 Å². The molecule has 0 aliphatic heterocycles. The second-order valence-electron chi connectivity index (χ2n) is 6.08. The molecule has 0 bridgehead atoms. The SMILES string of the molecule is COc1ccc(N(C)c2nc(COCCC(=O)NO)nc3ccccc23)cc1. The smallest absolute Gasteiger partial charge is 0.245 e. The Labute approximate surface area is 162 Å². The summed E-state index contributed by atoms with van der Waals surface area (Å²) in [4.78, 5) is 22.2. The molecule has 146 valence electrons. The van der Waals surface area contributed by atoms with Crippen LogP contribution in [0, 0.1) is 0 Å². The molecule has 0 aliphatic rings. The third kappa shape index (κ3) is 4.54. The number of ether oxygens (including phenoxy) is 2. The number of para-hydroxylation sites is 1. The number of anilines is 2. The molecular weight excluding hydrogens is 360 g/mol. The molecule has 3 rings (SSSR count). The van der Waals surface area contributed by atoms with E-state index in [0.29, 0.717) is 5.82 Å². The summed E-state index contributed by atoms with van der Waals surface area (Å²) in [6.45, 7) is 0.319. The van der Waals surface area contributed by atoms with E-state index in [9.17, 15) is 4.79 Å². The molecule has 0 radical (unpaired) electrons. The van der Waals surface area contributed by atoms with E-state index >= 15 is 0 Å². The van der Waals surface area contributed by atoms with Crippen LogP contribution in [-0.4, -0.2) is 41.8 Å². The van der Waals surface area contributed by atoms with Crippen molar-refractivity contribution in [2.45, 2.75) is 13.0 Å². The Bertz CT molecular complexity index is 947. The summed E-state index contributed by atoms with van der Waals surface area (Å²) in [6.07, 6.45) is 0.0582. The maximum absolute atomic E-state index is 11.1. The van der Waals surface area contributed by atoms with Gasteiger partial charge >= 0.3 is 0 Å². The number of hydroxylamine groups is 1. The maximum Gasteiger partial charge on any atom is 0.245 e. The van der Waals surface area contributed by atoms with Crippen LogP contribution in [-0.2, 0) is 16.1 Å². The molecule has 0 fully saturated rings. The fourth-order valence-corrected chi connectivity index (χ4v) is 2.74. The standard InChI is InChI=1S/C20H22N4O4/c1-24(14-7-9-15(27-2)10-8-14)20-16-5-3-4-6-17(16)21-18(22-20)13-28-12-11-19(25)23-26/h3-10,26H,11-13H2,1-2H3,(H,23,25). The van der Waals surface area contributed by atoms with Crippen molar-refractivity contribution in [1.82, 2.24) is 15.4 Å². The molecule has 0 saturated carbocycles. The van der Waals surface area contributed by atoms with E-state index in [-0.39, 0.29) is 19.6 Å². The average Bonchev–Trinajstić information content (AvgIpc) is 2.75. The zero-order chi connectivity index (χ0) is 19.9. The van der Waals surface area contributed by atoms with Crippen LogP contribution < -0.4 is 15.1 Å². The lowest BCUT2D eigenvalue weighted by atomic mass is 10.2. The molecule has 0 spiro atoms. The van der Waals surface area contributed by atoms with Crippen molar-refractivity contribution >= 4 is 28.3 Å². The molecule has 28 heavy (non-hydrogen) atoms. The van der Waals surface area contributed by atoms with Crippen molar-refractivity contribution in [2.24, 2.45) is 0 Å². The van der Waals surface area contributed by atoms with E-state index in [2.05, 4.69) is 9.97 Å². The fourth-order valence-electron chi connectivity index (χ4n) is 2.74. The number of hydrogen-bond donors (Lipinski definition) is 2. The van der Waals surface area contributed by atoms with Crippen LogP contribution >= 0.6 is 0 Å². The van der Waals surface area contributed by atoms with Gasteiger partial charge in [0.15, 0.2) is 5.82 Å². The first-order chi connectivity index (χ1) is 13.6. The van der Waals surface area contributed by atoms with E-state index in [0.717, 1.165) is 28.2 Å². The van der Waals surface area contributed by atoms with Crippen molar-refractivity contribution in [3.8, 4) is 5.75 Å². The number of amides is 1. The Morgan fingerprint density at radius 2 is 1.89 bits per heavy atom. The van der Waals surface area contributed by atoms with Gasteiger partial charge in [0.2, 0.25) is 5.91 Å². The summed E-state index contributed by atoms with van der Waals surface area (Å²) >= 11 is 0. The molecule has 3 aromatic rings. The molecule has 0 aliphatic carbocycles. The van der Waals surface area contributed by atoms with Gasteiger partial charge in [0, 0.05) is 18.1 Å². The highest BCUT2D eigenvalue weighted by atomic mass is 16.5. The van der Waals surface area contributed by atoms with Gasteiger partial charge < -0.3 is 14.4 Å². The topological polar surface area (TPSA) is 96.8 Å². The number of nitrogens with zero attached hydrogens (tertiary/aromatic N) is 3. The van der Waals surface area contributed by atoms with Crippen LogP contribution in [0.2, 0.25) is 0 Å². The third-order valence-electron chi connectivity index (χ3n) is 4.24. The Kier molecular flexibility index (Phi) is 6.36. The summed E-state index contributed by atoms with van der Waals surface area (Å²) in [5.41, 5.74) is 3.33. The van der Waals surface area contributed by atoms with Gasteiger partial charge in [-0.15, -0.1) is 0 Å². The molecule has 0 unspecified atom stereocenters. The highest BCUT2D eigenvalue weighted by molar-refractivity contribution is 5.91. The molecule has 2 N–H and O–H groups in total. The molecule has 8 nitrogen and oxygen atoms in total. The second-order valence-corrected chi connectivity index (χ2v) is 6.08. The van der Waals surface area contributed by atoms with E-state index in [1.54, 1.807) is 12.6 Å². The highest BCUT2D eigenvalue weighted by Crippen LogP contribution is 2.29. The van der Waals surface area contributed by atoms with Gasteiger partial charge in [0.25, 0.3) is 0 Å². The molecule has 1 amide bonds. The van der Waals surface area contributed by atoms with Gasteiger partial charge in [-0.05, 0) is 36.4 Å². The first-order valence-corrected chi connectivity index (χ1v) is 8.76. The third-order valence-corrected chi connectivity index (χ3v) is 4.24. The van der Waals surface area contributed by atoms with Crippen LogP contribution in [0.3, 0.4) is 0 Å². The molecule has 0 atom stereocenters. The zero-order valence-electron chi connectivity index (χ0n) is 15.8. The number of rotatable bonds is 8. The molecule has 1 aromatic heterocycles. The molecule has 2 aromatic carbocycles. The number of methoxy groups -OCH3 is 1. The van der Waals surface area contributed by atoms with E-state index in [1.807, 2.05) is 60.5 Å². The predicted octanol–water partition coefficient (Wildman–Crippen LogP) is 2.82. The quantitative estimate of drug-likeness (QED) is 0.351. The fraction of sp³-hybridized carbons (Fsp3) is 0.250. The number of hydrogen-bond acceptors (Lipinski definition) is 7. The van der Waals surface area contributed by atoms with Gasteiger partial charge in [-0.1, -0.05) is 12.1 Å². The van der Waals surface area contributed by atoms with Crippen molar-refractivity contribution < 1.29 is 19.5 Å². The van der Waals surface area contributed by atoms with E-state index < -0.39 is 5.91 Å². The number of aromatic nitrogens is 2. The second kappa shape index (κ2) is 9.12. The molecule has 0 saturated heterocycles. The van der Waals surface area contributed by atoms with Crippen molar-refractivity contribution in [2.75, 3.05) is 25.7 Å². The number of benzene rings is 2. The largest absolute Gasteiger partial charge is 0.497 e. The van der Waals surface area contributed by atoms with Crippen LogP contribution in [0.1, 0.15) is 12.2 Å². The average molecular weight is 382 g/mol. The van der Waals surface area contributed by atoms with E-state index in [4.69, 9.17) is 14.7 Å². The summed E-state index contributed by atoms with van der Waals surface area (Å²) in [6, 6.07) is 15.5. The van der Waals surface area contributed by atoms with Gasteiger partial charge in [-0.25, -0.2) is 15.4 Å². The monoisotopic (exact) mass is 382 g/mol. The van der Waals surface area contributed by atoms with Gasteiger partial charge in [0.1, 0.15) is 18.2 Å². The predicted molar refractivity (Wildman–Crippen MR) is 105 cm³/mol. The highest BCUT2D eigenvalue weighted by Gasteiger charge is 2.13. The summed E-state index contributed by atoms with van der Waals surface area (Å²) in [7, 11) is 3.57. The number of carbonyl (C=O) groups is 1. The first-order valence-electron chi connectivity index (χ1n) is 8.76. The first kappa shape index (κ1) is 19.5. The Balaban J connectivity index is 1.86. The van der Waals surface area contributed by atoms with Crippen LogP contribution in [0.4, 0.5) is 11.5 Å². The minimum Gasteiger partial charge on any atom is -0.497 e. The number of fused-ring (bicyclic) bond motifs is 1. The molecule has 1 heterocycles. The van der Waals surface area contributed by atoms with Crippen molar-refractivity contribution in [3.05, 3.63) is 54.4 Å². The molecule has 8 heteroatoms. The molecular formula is C20H22N4O4. The lowest BCUT2D eigenvalue weighted by molar-refractivity contribution is -0.130.